The van der Waals surface area contributed by atoms with Gasteiger partial charge >= 0.3 is 11.0 Å². The van der Waals surface area contributed by atoms with Crippen LogP contribution in [0.15, 0.2) is 58.4 Å². The number of benzene rings is 2. The van der Waals surface area contributed by atoms with Crippen molar-refractivity contribution in [3.8, 4) is 0 Å². The van der Waals surface area contributed by atoms with Crippen LogP contribution >= 0.6 is 23.1 Å². The molecule has 4 heterocycles. The molecule has 238 valence electrons. The zero-order chi connectivity index (χ0) is 32.0. The Kier molecular flexibility index (Phi) is 8.59. The van der Waals surface area contributed by atoms with Crippen molar-refractivity contribution in [2.24, 2.45) is 5.92 Å². The smallest absolute Gasteiger partial charge is 0.372 e. The number of aromatic nitrogens is 1. The van der Waals surface area contributed by atoms with Gasteiger partial charge in [0.05, 0.1) is 22.2 Å². The molecule has 3 aromatic rings. The second kappa shape index (κ2) is 12.3. The molecule has 45 heavy (non-hydrogen) atoms. The second-order valence-corrected chi connectivity index (χ2v) is 13.6. The number of likely N-dealkylation sites (tertiary alicyclic amines) is 1. The first-order valence-electron chi connectivity index (χ1n) is 15.1. The standard InChI is InChI=1S/C32H33F3N4O4S2/c1-3-36(4-2)21-13-11-19(12-14-21)24-25-26(29(42)39(28(25)41)22-10-8-9-20(17-22)32(33,34)35)44-30-27(24)45-31(43)38(30)18-23(40)37-15-6-5-7-16-37/h8-14,17,24-26H,3-7,15-16,18H2,1-2H3/t24-,25-,26+/m0/s1. The highest BCUT2D eigenvalue weighted by Crippen LogP contribution is 2.54. The Morgan fingerprint density at radius 3 is 2.29 bits per heavy atom. The molecule has 13 heteroatoms. The van der Waals surface area contributed by atoms with Crippen LogP contribution in [0.3, 0.4) is 0 Å². The Morgan fingerprint density at radius 2 is 1.64 bits per heavy atom. The van der Waals surface area contributed by atoms with Gasteiger partial charge in [-0.05, 0) is 69.0 Å². The number of amides is 3. The highest BCUT2D eigenvalue weighted by Gasteiger charge is 2.57. The lowest BCUT2D eigenvalue weighted by atomic mass is 9.83. The molecule has 3 aliphatic rings. The molecule has 2 fully saturated rings. The number of thioether (sulfide) groups is 1. The molecule has 0 radical (unpaired) electrons. The number of halogens is 3. The van der Waals surface area contributed by atoms with Crippen LogP contribution in [0.1, 0.15) is 55.0 Å². The van der Waals surface area contributed by atoms with Crippen LogP contribution in [0, 0.1) is 5.92 Å². The Morgan fingerprint density at radius 1 is 0.956 bits per heavy atom. The fraction of sp³-hybridized carbons (Fsp3) is 0.438. The number of anilines is 2. The number of thiazole rings is 1. The van der Waals surface area contributed by atoms with Crippen molar-refractivity contribution >= 4 is 52.2 Å². The van der Waals surface area contributed by atoms with Gasteiger partial charge in [0.1, 0.15) is 11.8 Å². The lowest BCUT2D eigenvalue weighted by Gasteiger charge is -2.31. The van der Waals surface area contributed by atoms with E-state index in [1.54, 1.807) is 4.90 Å². The predicted molar refractivity (Wildman–Crippen MR) is 168 cm³/mol. The molecule has 3 aliphatic heterocycles. The van der Waals surface area contributed by atoms with Crippen LogP contribution in [0.2, 0.25) is 0 Å². The monoisotopic (exact) mass is 658 g/mol. The van der Waals surface area contributed by atoms with E-state index in [1.807, 2.05) is 38.1 Å². The molecular formula is C32H33F3N4O4S2. The highest BCUT2D eigenvalue weighted by molar-refractivity contribution is 8.00. The quantitative estimate of drug-likeness (QED) is 0.309. The van der Waals surface area contributed by atoms with Gasteiger partial charge in [0.15, 0.2) is 0 Å². The van der Waals surface area contributed by atoms with E-state index in [2.05, 4.69) is 4.90 Å². The second-order valence-electron chi connectivity index (χ2n) is 11.4. The summed E-state index contributed by atoms with van der Waals surface area (Å²) in [4.78, 5) is 59.7. The topological polar surface area (TPSA) is 82.9 Å². The Bertz CT molecular complexity index is 1680. The van der Waals surface area contributed by atoms with Gasteiger partial charge in [-0.2, -0.15) is 13.2 Å². The van der Waals surface area contributed by atoms with Gasteiger partial charge in [-0.1, -0.05) is 41.3 Å². The number of imide groups is 1. The molecule has 6 rings (SSSR count). The summed E-state index contributed by atoms with van der Waals surface area (Å²) >= 11 is 2.02. The largest absolute Gasteiger partial charge is 0.416 e. The van der Waals surface area contributed by atoms with Crippen LogP contribution in [-0.2, 0) is 27.1 Å². The van der Waals surface area contributed by atoms with Gasteiger partial charge in [-0.15, -0.1) is 0 Å². The first kappa shape index (κ1) is 31.4. The van der Waals surface area contributed by atoms with Crippen LogP contribution in [0.5, 0.6) is 0 Å². The summed E-state index contributed by atoms with van der Waals surface area (Å²) in [7, 11) is 0. The fourth-order valence-corrected chi connectivity index (χ4v) is 9.32. The van der Waals surface area contributed by atoms with E-state index in [9.17, 15) is 32.3 Å². The Balaban J connectivity index is 1.43. The van der Waals surface area contributed by atoms with Crippen LogP contribution in [0.4, 0.5) is 24.5 Å². The lowest BCUT2D eigenvalue weighted by Crippen LogP contribution is -2.39. The van der Waals surface area contributed by atoms with E-state index < -0.39 is 40.6 Å². The average molecular weight is 659 g/mol. The van der Waals surface area contributed by atoms with E-state index in [0.29, 0.717) is 28.6 Å². The average Bonchev–Trinajstić information content (AvgIpc) is 3.48. The lowest BCUT2D eigenvalue weighted by molar-refractivity contribution is -0.137. The molecule has 0 unspecified atom stereocenters. The summed E-state index contributed by atoms with van der Waals surface area (Å²) in [6, 6.07) is 11.8. The number of nitrogens with zero attached hydrogens (tertiary/aromatic N) is 4. The van der Waals surface area contributed by atoms with Crippen molar-refractivity contribution in [1.82, 2.24) is 9.47 Å². The minimum absolute atomic E-state index is 0.147. The fourth-order valence-electron chi connectivity index (χ4n) is 6.55. The zero-order valence-electron chi connectivity index (χ0n) is 24.9. The van der Waals surface area contributed by atoms with Crippen LogP contribution < -0.4 is 14.7 Å². The van der Waals surface area contributed by atoms with E-state index in [-0.39, 0.29) is 23.0 Å². The summed E-state index contributed by atoms with van der Waals surface area (Å²) in [6.07, 6.45) is -1.81. The summed E-state index contributed by atoms with van der Waals surface area (Å²) in [5.74, 6) is -3.09. The first-order valence-corrected chi connectivity index (χ1v) is 16.8. The minimum atomic E-state index is -4.65. The minimum Gasteiger partial charge on any atom is -0.372 e. The molecule has 2 aromatic carbocycles. The predicted octanol–water partition coefficient (Wildman–Crippen LogP) is 5.58. The van der Waals surface area contributed by atoms with Gasteiger partial charge in [0, 0.05) is 42.7 Å². The summed E-state index contributed by atoms with van der Waals surface area (Å²) in [5, 5.41) is -0.529. The molecule has 0 aliphatic carbocycles. The summed E-state index contributed by atoms with van der Waals surface area (Å²) < 4.78 is 42.1. The number of hydrogen-bond acceptors (Lipinski definition) is 7. The van der Waals surface area contributed by atoms with Crippen molar-refractivity contribution in [1.29, 1.82) is 0 Å². The number of hydrogen-bond donors (Lipinski definition) is 0. The number of alkyl halides is 3. The van der Waals surface area contributed by atoms with Gasteiger partial charge < -0.3 is 9.80 Å². The third-order valence-corrected chi connectivity index (χ3v) is 11.5. The van der Waals surface area contributed by atoms with Gasteiger partial charge in [-0.25, -0.2) is 4.90 Å². The maximum atomic E-state index is 14.1. The molecule has 3 atom stereocenters. The highest BCUT2D eigenvalue weighted by atomic mass is 32.2. The molecule has 2 saturated heterocycles. The van der Waals surface area contributed by atoms with E-state index in [1.165, 1.54) is 16.7 Å². The number of carbonyl (C=O) groups excluding carboxylic acids is 3. The number of rotatable bonds is 7. The van der Waals surface area contributed by atoms with Crippen LogP contribution in [0.25, 0.3) is 0 Å². The summed E-state index contributed by atoms with van der Waals surface area (Å²) in [6.45, 7) is 6.74. The molecule has 3 amide bonds. The maximum absolute atomic E-state index is 14.1. The summed E-state index contributed by atoms with van der Waals surface area (Å²) in [5.41, 5.74) is 0.579. The van der Waals surface area contributed by atoms with Crippen molar-refractivity contribution in [3.05, 3.63) is 74.2 Å². The molecule has 0 bridgehead atoms. The third kappa shape index (κ3) is 5.69. The van der Waals surface area contributed by atoms with Gasteiger partial charge in [0.2, 0.25) is 17.7 Å². The van der Waals surface area contributed by atoms with Crippen molar-refractivity contribution in [2.45, 2.75) is 62.0 Å². The SMILES string of the molecule is CCN(CC)c1ccc([C@@H]2c3sc(=O)n(CC(=O)N4CCCCC4)c3S[C@H]3C(=O)N(c4cccc(C(F)(F)F)c4)C(=O)[C@@H]23)cc1. The van der Waals surface area contributed by atoms with Crippen molar-refractivity contribution in [2.75, 3.05) is 36.0 Å². The van der Waals surface area contributed by atoms with E-state index in [0.717, 1.165) is 78.2 Å². The van der Waals surface area contributed by atoms with E-state index in [4.69, 9.17) is 0 Å². The Labute approximate surface area is 266 Å². The van der Waals surface area contributed by atoms with Crippen molar-refractivity contribution in [3.63, 3.8) is 0 Å². The zero-order valence-corrected chi connectivity index (χ0v) is 26.5. The molecule has 8 nitrogen and oxygen atoms in total. The molecule has 0 spiro atoms. The molecule has 0 N–H and O–H groups in total. The van der Waals surface area contributed by atoms with Gasteiger partial charge in [0.25, 0.3) is 0 Å². The van der Waals surface area contributed by atoms with Gasteiger partial charge in [-0.3, -0.25) is 23.7 Å². The maximum Gasteiger partial charge on any atom is 0.416 e. The molecule has 0 saturated carbocycles. The number of piperidine rings is 1. The number of fused-ring (bicyclic) bond motifs is 2. The molecule has 1 aromatic heterocycles. The van der Waals surface area contributed by atoms with E-state index >= 15 is 0 Å². The third-order valence-electron chi connectivity index (χ3n) is 8.86. The van der Waals surface area contributed by atoms with Crippen LogP contribution in [-0.4, -0.2) is 58.6 Å². The molecular weight excluding hydrogens is 626 g/mol. The number of carbonyl (C=O) groups is 3. The normalized spacial score (nSPS) is 21.6. The Hall–Kier alpha value is -3.58. The first-order chi connectivity index (χ1) is 21.5. The van der Waals surface area contributed by atoms with Crippen molar-refractivity contribution < 1.29 is 27.6 Å².